The van der Waals surface area contributed by atoms with Crippen LogP contribution in [0.25, 0.3) is 0 Å². The molecular formula is C24H29F3N4O3. The zero-order chi connectivity index (χ0) is 24.6. The molecule has 2 atom stereocenters. The second-order valence-corrected chi connectivity index (χ2v) is 8.89. The first-order valence-electron chi connectivity index (χ1n) is 11.6. The zero-order valence-corrected chi connectivity index (χ0v) is 19.5. The van der Waals surface area contributed by atoms with Gasteiger partial charge in [0.2, 0.25) is 0 Å². The van der Waals surface area contributed by atoms with Crippen LogP contribution in [0.4, 0.5) is 13.2 Å². The van der Waals surface area contributed by atoms with Crippen molar-refractivity contribution in [1.29, 1.82) is 0 Å². The second kappa shape index (κ2) is 9.40. The fourth-order valence-electron chi connectivity index (χ4n) is 4.81. The van der Waals surface area contributed by atoms with E-state index in [1.807, 2.05) is 23.3 Å². The molecule has 10 heteroatoms. The number of hydrogen-bond donors (Lipinski definition) is 1. The molecule has 2 amide bonds. The molecule has 4 rings (SSSR count). The topological polar surface area (TPSA) is 76.5 Å². The molecule has 2 aliphatic heterocycles. The number of rotatable bonds is 5. The molecule has 2 aliphatic rings. The highest BCUT2D eigenvalue weighted by Crippen LogP contribution is 2.31. The molecule has 1 fully saturated rings. The minimum atomic E-state index is -4.53. The van der Waals surface area contributed by atoms with Crippen LogP contribution >= 0.6 is 0 Å². The summed E-state index contributed by atoms with van der Waals surface area (Å²) in [6.45, 7) is 7.19. The number of nitrogens with one attached hydrogen (secondary N) is 1. The summed E-state index contributed by atoms with van der Waals surface area (Å²) >= 11 is 0. The first kappa shape index (κ1) is 24.3. The van der Waals surface area contributed by atoms with Crippen molar-refractivity contribution < 1.29 is 27.5 Å². The summed E-state index contributed by atoms with van der Waals surface area (Å²) in [5.74, 6) is -0.490. The number of hydrogen-bond acceptors (Lipinski definition) is 4. The molecule has 0 spiro atoms. The molecule has 0 radical (unpaired) electrons. The quantitative estimate of drug-likeness (QED) is 0.697. The molecule has 2 aromatic heterocycles. The molecule has 34 heavy (non-hydrogen) atoms. The lowest BCUT2D eigenvalue weighted by Gasteiger charge is -2.24. The number of aryl methyl sites for hydroxylation is 1. The van der Waals surface area contributed by atoms with Crippen molar-refractivity contribution in [3.8, 4) is 0 Å². The summed E-state index contributed by atoms with van der Waals surface area (Å²) in [5, 5.41) is 2.93. The first-order valence-corrected chi connectivity index (χ1v) is 11.6. The Hall–Kier alpha value is -2.88. The Morgan fingerprint density at radius 3 is 2.68 bits per heavy atom. The van der Waals surface area contributed by atoms with Gasteiger partial charge in [-0.3, -0.25) is 9.59 Å². The van der Waals surface area contributed by atoms with E-state index in [1.54, 1.807) is 6.07 Å². The Labute approximate surface area is 196 Å². The number of pyridine rings is 1. The molecule has 1 N–H and O–H groups in total. The Kier molecular flexibility index (Phi) is 6.71. The molecule has 0 bridgehead atoms. The summed E-state index contributed by atoms with van der Waals surface area (Å²) in [4.78, 5) is 32.1. The van der Waals surface area contributed by atoms with E-state index in [-0.39, 0.29) is 24.2 Å². The summed E-state index contributed by atoms with van der Waals surface area (Å²) < 4.78 is 46.4. The lowest BCUT2D eigenvalue weighted by molar-refractivity contribution is -0.141. The van der Waals surface area contributed by atoms with Crippen molar-refractivity contribution in [1.82, 2.24) is 19.8 Å². The molecule has 1 saturated heterocycles. The van der Waals surface area contributed by atoms with Gasteiger partial charge in [0.1, 0.15) is 11.4 Å². The lowest BCUT2D eigenvalue weighted by atomic mass is 10.0. The van der Waals surface area contributed by atoms with Gasteiger partial charge in [0, 0.05) is 24.8 Å². The van der Waals surface area contributed by atoms with Crippen molar-refractivity contribution in [3.63, 3.8) is 0 Å². The van der Waals surface area contributed by atoms with Gasteiger partial charge in [0.15, 0.2) is 0 Å². The summed E-state index contributed by atoms with van der Waals surface area (Å²) in [7, 11) is 0. The molecule has 0 saturated carbocycles. The SMILES string of the molecule is CC[C@@H](NC(=O)c1cc(C(=O)N2CCC[C@@H]2C)n2c1COCC2)c1ccc(C(F)(F)F)nc1C. The normalized spacial score (nSPS) is 19.1. The molecule has 7 nitrogen and oxygen atoms in total. The van der Waals surface area contributed by atoms with E-state index in [0.717, 1.165) is 18.9 Å². The Balaban J connectivity index is 1.61. The van der Waals surface area contributed by atoms with E-state index in [9.17, 15) is 22.8 Å². The standard InChI is InChI=1S/C24H29F3N4O3/c1-4-18(16-7-8-21(24(25,26)27)28-15(16)3)29-22(32)17-12-19(31-10-11-34-13-20(17)31)23(33)30-9-5-6-14(30)2/h7-8,12,14,18H,4-6,9-11,13H2,1-3H3,(H,29,32)/t14-,18+/m0/s1. The van der Waals surface area contributed by atoms with Crippen molar-refractivity contribution in [2.24, 2.45) is 0 Å². The summed E-state index contributed by atoms with van der Waals surface area (Å²) in [5.41, 5.74) is 1.23. The molecule has 2 aromatic rings. The van der Waals surface area contributed by atoms with Gasteiger partial charge in [-0.1, -0.05) is 13.0 Å². The van der Waals surface area contributed by atoms with Gasteiger partial charge in [-0.15, -0.1) is 0 Å². The predicted octanol–water partition coefficient (Wildman–Crippen LogP) is 4.25. The number of carbonyl (C=O) groups excluding carboxylic acids is 2. The molecule has 0 unspecified atom stereocenters. The van der Waals surface area contributed by atoms with E-state index in [2.05, 4.69) is 10.3 Å². The highest BCUT2D eigenvalue weighted by Gasteiger charge is 2.34. The maximum Gasteiger partial charge on any atom is 0.433 e. The average molecular weight is 479 g/mol. The number of fused-ring (bicyclic) bond motifs is 1. The third-order valence-electron chi connectivity index (χ3n) is 6.69. The first-order chi connectivity index (χ1) is 16.1. The molecular weight excluding hydrogens is 449 g/mol. The van der Waals surface area contributed by atoms with Crippen molar-refractivity contribution in [2.45, 2.75) is 71.4 Å². The van der Waals surface area contributed by atoms with Crippen LogP contribution in [-0.4, -0.2) is 45.5 Å². The molecule has 0 aromatic carbocycles. The van der Waals surface area contributed by atoms with Crippen LogP contribution in [0.1, 0.15) is 82.6 Å². The van der Waals surface area contributed by atoms with Crippen LogP contribution < -0.4 is 5.32 Å². The van der Waals surface area contributed by atoms with E-state index in [0.29, 0.717) is 48.6 Å². The number of likely N-dealkylation sites (tertiary alicyclic amines) is 1. The smallest absolute Gasteiger partial charge is 0.373 e. The Bertz CT molecular complexity index is 1100. The molecule has 0 aliphatic carbocycles. The maximum atomic E-state index is 13.3. The number of alkyl halides is 3. The van der Waals surface area contributed by atoms with E-state index < -0.39 is 23.8 Å². The van der Waals surface area contributed by atoms with E-state index in [4.69, 9.17) is 4.74 Å². The third-order valence-corrected chi connectivity index (χ3v) is 6.69. The third kappa shape index (κ3) is 4.55. The van der Waals surface area contributed by atoms with Crippen molar-refractivity contribution in [2.75, 3.05) is 13.2 Å². The second-order valence-electron chi connectivity index (χ2n) is 8.89. The molecule has 184 valence electrons. The number of carbonyl (C=O) groups is 2. The van der Waals surface area contributed by atoms with Gasteiger partial charge >= 0.3 is 6.18 Å². The minimum Gasteiger partial charge on any atom is -0.373 e. The van der Waals surface area contributed by atoms with Crippen LogP contribution in [0.5, 0.6) is 0 Å². The van der Waals surface area contributed by atoms with E-state index in [1.165, 1.54) is 13.0 Å². The lowest BCUT2D eigenvalue weighted by Crippen LogP contribution is -2.35. The summed E-state index contributed by atoms with van der Waals surface area (Å²) in [6.07, 6.45) is -2.16. The van der Waals surface area contributed by atoms with Crippen molar-refractivity contribution >= 4 is 11.8 Å². The van der Waals surface area contributed by atoms with Crippen molar-refractivity contribution in [3.05, 3.63) is 52.1 Å². The fraction of sp³-hybridized carbons (Fsp3) is 0.542. The number of aromatic nitrogens is 2. The van der Waals surface area contributed by atoms with Gasteiger partial charge in [0.25, 0.3) is 11.8 Å². The number of halogens is 3. The van der Waals surface area contributed by atoms with Gasteiger partial charge in [-0.25, -0.2) is 4.98 Å². The van der Waals surface area contributed by atoms with Gasteiger partial charge in [-0.2, -0.15) is 13.2 Å². The summed E-state index contributed by atoms with van der Waals surface area (Å²) in [6, 6.07) is 3.54. The van der Waals surface area contributed by atoms with E-state index >= 15 is 0 Å². The molecule has 4 heterocycles. The maximum absolute atomic E-state index is 13.3. The van der Waals surface area contributed by atoms with Crippen LogP contribution in [0.2, 0.25) is 0 Å². The zero-order valence-electron chi connectivity index (χ0n) is 19.5. The minimum absolute atomic E-state index is 0.0953. The fourth-order valence-corrected chi connectivity index (χ4v) is 4.81. The van der Waals surface area contributed by atoms with Crippen LogP contribution in [0, 0.1) is 6.92 Å². The number of nitrogens with zero attached hydrogens (tertiary/aromatic N) is 3. The largest absolute Gasteiger partial charge is 0.433 e. The monoisotopic (exact) mass is 478 g/mol. The average Bonchev–Trinajstić information content (AvgIpc) is 3.40. The van der Waals surface area contributed by atoms with Crippen LogP contribution in [0.3, 0.4) is 0 Å². The highest BCUT2D eigenvalue weighted by molar-refractivity contribution is 6.01. The Morgan fingerprint density at radius 2 is 2.06 bits per heavy atom. The predicted molar refractivity (Wildman–Crippen MR) is 118 cm³/mol. The number of ether oxygens (including phenoxy) is 1. The van der Waals surface area contributed by atoms with Crippen LogP contribution in [-0.2, 0) is 24.1 Å². The van der Waals surface area contributed by atoms with Crippen LogP contribution in [0.15, 0.2) is 18.2 Å². The Morgan fingerprint density at radius 1 is 1.29 bits per heavy atom. The highest BCUT2D eigenvalue weighted by atomic mass is 19.4. The van der Waals surface area contributed by atoms with Gasteiger partial charge in [-0.05, 0) is 50.8 Å². The van der Waals surface area contributed by atoms with Gasteiger partial charge < -0.3 is 19.5 Å². The number of amides is 2. The van der Waals surface area contributed by atoms with Gasteiger partial charge in [0.05, 0.1) is 30.5 Å².